The molecule has 0 saturated heterocycles. The highest BCUT2D eigenvalue weighted by molar-refractivity contribution is 9.10. The van der Waals surface area contributed by atoms with Gasteiger partial charge in [0, 0.05) is 22.5 Å². The number of hydrogen-bond donors (Lipinski definition) is 2. The second kappa shape index (κ2) is 6.12. The Labute approximate surface area is 127 Å². The van der Waals surface area contributed by atoms with Crippen LogP contribution >= 0.6 is 15.9 Å². The van der Waals surface area contributed by atoms with Crippen molar-refractivity contribution in [2.24, 2.45) is 5.73 Å². The maximum absolute atomic E-state index is 10.7. The van der Waals surface area contributed by atoms with Gasteiger partial charge in [-0.05, 0) is 44.0 Å². The summed E-state index contributed by atoms with van der Waals surface area (Å²) < 4.78 is 6.62. The van der Waals surface area contributed by atoms with Crippen LogP contribution in [0.1, 0.15) is 40.2 Å². The van der Waals surface area contributed by atoms with Crippen molar-refractivity contribution in [1.82, 2.24) is 0 Å². The molecule has 2 atom stereocenters. The third-order valence-corrected chi connectivity index (χ3v) is 4.38. The van der Waals surface area contributed by atoms with Crippen molar-refractivity contribution >= 4 is 15.9 Å². The van der Waals surface area contributed by atoms with Gasteiger partial charge in [-0.25, -0.2) is 0 Å². The first-order valence-electron chi connectivity index (χ1n) is 6.65. The second-order valence-corrected chi connectivity index (χ2v) is 6.01. The van der Waals surface area contributed by atoms with Gasteiger partial charge >= 0.3 is 0 Å². The van der Waals surface area contributed by atoms with Crippen molar-refractivity contribution in [2.45, 2.75) is 32.8 Å². The third-order valence-electron chi connectivity index (χ3n) is 3.85. The fourth-order valence-corrected chi connectivity index (χ4v) is 2.87. The van der Waals surface area contributed by atoms with Crippen LogP contribution in [0.3, 0.4) is 0 Å². The van der Waals surface area contributed by atoms with E-state index >= 15 is 0 Å². The van der Waals surface area contributed by atoms with Crippen LogP contribution in [-0.4, -0.2) is 11.7 Å². The van der Waals surface area contributed by atoms with E-state index in [9.17, 15) is 5.11 Å². The van der Waals surface area contributed by atoms with Crippen molar-refractivity contribution in [3.63, 3.8) is 0 Å². The number of benzene rings is 1. The maximum atomic E-state index is 10.7. The molecule has 0 bridgehead atoms. The predicted molar refractivity (Wildman–Crippen MR) is 83.8 cm³/mol. The third kappa shape index (κ3) is 2.82. The Morgan fingerprint density at radius 3 is 2.20 bits per heavy atom. The van der Waals surface area contributed by atoms with E-state index in [0.717, 1.165) is 32.7 Å². The molecular formula is C16H20BrNO2. The Morgan fingerprint density at radius 1 is 1.15 bits per heavy atom. The minimum atomic E-state index is -0.654. The first-order chi connectivity index (χ1) is 9.45. The van der Waals surface area contributed by atoms with E-state index in [2.05, 4.69) is 15.9 Å². The Hall–Kier alpha value is -1.10. The molecule has 0 fully saturated rings. The lowest BCUT2D eigenvalue weighted by Gasteiger charge is -2.22. The van der Waals surface area contributed by atoms with E-state index in [1.807, 2.05) is 45.0 Å². The van der Waals surface area contributed by atoms with Gasteiger partial charge in [-0.3, -0.25) is 0 Å². The molecular weight excluding hydrogens is 318 g/mol. The van der Waals surface area contributed by atoms with E-state index in [1.54, 1.807) is 0 Å². The fraction of sp³-hybridized carbons (Fsp3) is 0.375. The van der Waals surface area contributed by atoms with E-state index in [0.29, 0.717) is 6.54 Å². The van der Waals surface area contributed by atoms with Crippen molar-refractivity contribution in [3.8, 4) is 0 Å². The summed E-state index contributed by atoms with van der Waals surface area (Å²) in [6.07, 6.45) is -0.654. The van der Waals surface area contributed by atoms with E-state index in [1.165, 1.54) is 0 Å². The molecule has 108 valence electrons. The van der Waals surface area contributed by atoms with Crippen LogP contribution in [0.2, 0.25) is 0 Å². The lowest BCUT2D eigenvalue weighted by Crippen LogP contribution is -2.20. The summed E-state index contributed by atoms with van der Waals surface area (Å²) in [5.74, 6) is 1.48. The molecule has 3 nitrogen and oxygen atoms in total. The first kappa shape index (κ1) is 15.3. The van der Waals surface area contributed by atoms with Gasteiger partial charge < -0.3 is 15.3 Å². The average molecular weight is 338 g/mol. The molecule has 2 aromatic rings. The Morgan fingerprint density at radius 2 is 1.75 bits per heavy atom. The Balaban J connectivity index is 2.38. The number of aryl methyl sites for hydroxylation is 2. The summed E-state index contributed by atoms with van der Waals surface area (Å²) in [5.41, 5.74) is 8.78. The number of halogens is 1. The van der Waals surface area contributed by atoms with Gasteiger partial charge in [-0.15, -0.1) is 0 Å². The number of aliphatic hydroxyl groups is 1. The van der Waals surface area contributed by atoms with Crippen molar-refractivity contribution < 1.29 is 9.52 Å². The largest absolute Gasteiger partial charge is 0.466 e. The van der Waals surface area contributed by atoms with Crippen LogP contribution in [0.4, 0.5) is 0 Å². The lowest BCUT2D eigenvalue weighted by molar-refractivity contribution is 0.145. The standard InChI is InChI=1S/C16H20BrNO2/c1-9-10(2)20-11(3)15(9)16(19)14(8-18)12-4-6-13(17)7-5-12/h4-7,14,16,19H,8,18H2,1-3H3. The maximum Gasteiger partial charge on any atom is 0.107 e. The molecule has 2 unspecified atom stereocenters. The summed E-state index contributed by atoms with van der Waals surface area (Å²) in [6.45, 7) is 6.15. The molecule has 1 heterocycles. The van der Waals surface area contributed by atoms with Crippen molar-refractivity contribution in [3.05, 3.63) is 56.9 Å². The van der Waals surface area contributed by atoms with Gasteiger partial charge in [-0.2, -0.15) is 0 Å². The molecule has 20 heavy (non-hydrogen) atoms. The van der Waals surface area contributed by atoms with Gasteiger partial charge in [0.05, 0.1) is 6.10 Å². The molecule has 1 aromatic carbocycles. The molecule has 0 amide bonds. The zero-order valence-corrected chi connectivity index (χ0v) is 13.6. The van der Waals surface area contributed by atoms with Gasteiger partial charge in [0.2, 0.25) is 0 Å². The van der Waals surface area contributed by atoms with Crippen molar-refractivity contribution in [1.29, 1.82) is 0 Å². The van der Waals surface area contributed by atoms with Gasteiger partial charge in [-0.1, -0.05) is 28.1 Å². The smallest absolute Gasteiger partial charge is 0.107 e. The highest BCUT2D eigenvalue weighted by atomic mass is 79.9. The molecule has 0 radical (unpaired) electrons. The number of rotatable bonds is 4. The zero-order chi connectivity index (χ0) is 14.9. The SMILES string of the molecule is Cc1oc(C)c(C(O)C(CN)c2ccc(Br)cc2)c1C. The molecule has 0 aliphatic heterocycles. The van der Waals surface area contributed by atoms with Gasteiger partial charge in [0.15, 0.2) is 0 Å². The highest BCUT2D eigenvalue weighted by Crippen LogP contribution is 2.36. The Bertz CT molecular complexity index is 589. The molecule has 1 aromatic heterocycles. The first-order valence-corrected chi connectivity index (χ1v) is 7.45. The number of aliphatic hydroxyl groups excluding tert-OH is 1. The van der Waals surface area contributed by atoms with Gasteiger partial charge in [0.1, 0.15) is 11.5 Å². The van der Waals surface area contributed by atoms with E-state index in [-0.39, 0.29) is 5.92 Å². The molecule has 0 saturated carbocycles. The number of hydrogen-bond acceptors (Lipinski definition) is 3. The molecule has 0 aliphatic rings. The molecule has 3 N–H and O–H groups in total. The Kier molecular flexibility index (Phi) is 4.68. The van der Waals surface area contributed by atoms with Gasteiger partial charge in [0.25, 0.3) is 0 Å². The molecule has 0 aliphatic carbocycles. The predicted octanol–water partition coefficient (Wildman–Crippen LogP) is 3.74. The number of furan rings is 1. The molecule has 0 spiro atoms. The minimum Gasteiger partial charge on any atom is -0.466 e. The second-order valence-electron chi connectivity index (χ2n) is 5.09. The van der Waals surface area contributed by atoms with Crippen LogP contribution in [0.15, 0.2) is 33.2 Å². The highest BCUT2D eigenvalue weighted by Gasteiger charge is 2.27. The quantitative estimate of drug-likeness (QED) is 0.893. The minimum absolute atomic E-state index is 0.141. The summed E-state index contributed by atoms with van der Waals surface area (Å²) in [6, 6.07) is 7.90. The number of nitrogens with two attached hydrogens (primary N) is 1. The monoisotopic (exact) mass is 337 g/mol. The summed E-state index contributed by atoms with van der Waals surface area (Å²) >= 11 is 3.42. The van der Waals surface area contributed by atoms with Crippen molar-refractivity contribution in [2.75, 3.05) is 6.54 Å². The van der Waals surface area contributed by atoms with Crippen LogP contribution in [-0.2, 0) is 0 Å². The van der Waals surface area contributed by atoms with E-state index < -0.39 is 6.10 Å². The topological polar surface area (TPSA) is 59.4 Å². The fourth-order valence-electron chi connectivity index (χ4n) is 2.60. The van der Waals surface area contributed by atoms with Crippen LogP contribution in [0.5, 0.6) is 0 Å². The van der Waals surface area contributed by atoms with Crippen LogP contribution < -0.4 is 5.73 Å². The molecule has 2 rings (SSSR count). The van der Waals surface area contributed by atoms with E-state index in [4.69, 9.17) is 10.2 Å². The lowest BCUT2D eigenvalue weighted by atomic mass is 9.87. The molecule has 4 heteroatoms. The normalized spacial score (nSPS) is 14.3. The zero-order valence-electron chi connectivity index (χ0n) is 12.0. The summed E-state index contributed by atoms with van der Waals surface area (Å²) in [4.78, 5) is 0. The summed E-state index contributed by atoms with van der Waals surface area (Å²) in [5, 5.41) is 10.7. The van der Waals surface area contributed by atoms with Crippen LogP contribution in [0, 0.1) is 20.8 Å². The summed E-state index contributed by atoms with van der Waals surface area (Å²) in [7, 11) is 0. The average Bonchev–Trinajstić information content (AvgIpc) is 2.66. The van der Waals surface area contributed by atoms with Crippen LogP contribution in [0.25, 0.3) is 0 Å².